The maximum atomic E-state index is 4.44. The summed E-state index contributed by atoms with van der Waals surface area (Å²) in [7, 11) is 0. The Hall–Kier alpha value is -2.75. The Balaban J connectivity index is 1.76. The second-order valence-corrected chi connectivity index (χ2v) is 4.53. The third-order valence-corrected chi connectivity index (χ3v) is 2.88. The van der Waals surface area contributed by atoms with Crippen LogP contribution in [-0.4, -0.2) is 16.2 Å². The molecule has 4 nitrogen and oxygen atoms in total. The van der Waals surface area contributed by atoms with Gasteiger partial charge >= 0.3 is 0 Å². The van der Waals surface area contributed by atoms with Crippen molar-refractivity contribution in [3.05, 3.63) is 65.9 Å². The number of aromatic nitrogens is 2. The summed E-state index contributed by atoms with van der Waals surface area (Å²) in [5.74, 6) is 0.632. The quantitative estimate of drug-likeness (QED) is 0.581. The fourth-order valence-corrected chi connectivity index (χ4v) is 1.93. The highest BCUT2D eigenvalue weighted by atomic mass is 15.3. The molecule has 1 N–H and O–H groups in total. The lowest BCUT2D eigenvalue weighted by Crippen LogP contribution is -1.95. The van der Waals surface area contributed by atoms with E-state index in [1.807, 2.05) is 36.4 Å². The number of para-hydroxylation sites is 2. The Labute approximate surface area is 117 Å². The van der Waals surface area contributed by atoms with Gasteiger partial charge in [0.15, 0.2) is 5.82 Å². The molecule has 0 aliphatic heterocycles. The zero-order chi connectivity index (χ0) is 13.8. The van der Waals surface area contributed by atoms with Crippen molar-refractivity contribution in [1.29, 1.82) is 0 Å². The molecule has 2 aromatic carbocycles. The van der Waals surface area contributed by atoms with Crippen LogP contribution < -0.4 is 5.43 Å². The second kappa shape index (κ2) is 5.48. The van der Waals surface area contributed by atoms with Crippen molar-refractivity contribution in [2.75, 3.05) is 5.43 Å². The minimum atomic E-state index is 0.632. The highest BCUT2D eigenvalue weighted by Gasteiger charge is 1.97. The number of rotatable bonds is 3. The van der Waals surface area contributed by atoms with Gasteiger partial charge in [0, 0.05) is 0 Å². The van der Waals surface area contributed by atoms with Crippen molar-refractivity contribution in [2.45, 2.75) is 6.92 Å². The van der Waals surface area contributed by atoms with Gasteiger partial charge in [-0.25, -0.2) is 4.98 Å². The third kappa shape index (κ3) is 2.80. The van der Waals surface area contributed by atoms with Gasteiger partial charge in [0.2, 0.25) is 0 Å². The molecule has 0 aliphatic carbocycles. The number of fused-ring (bicyclic) bond motifs is 1. The minimum absolute atomic E-state index is 0.632. The topological polar surface area (TPSA) is 50.2 Å². The summed E-state index contributed by atoms with van der Waals surface area (Å²) in [4.78, 5) is 8.76. The maximum absolute atomic E-state index is 4.44. The lowest BCUT2D eigenvalue weighted by Gasteiger charge is -2.01. The number of hydrogen-bond acceptors (Lipinski definition) is 4. The van der Waals surface area contributed by atoms with Crippen LogP contribution in [0.25, 0.3) is 11.0 Å². The van der Waals surface area contributed by atoms with Crippen molar-refractivity contribution >= 4 is 23.1 Å². The SMILES string of the molecule is Cc1cccc(/C=N/Nc2cnc3ccccc3n2)c1. The summed E-state index contributed by atoms with van der Waals surface area (Å²) in [5.41, 5.74) is 6.88. The average Bonchev–Trinajstić information content (AvgIpc) is 2.47. The Bertz CT molecular complexity index is 765. The van der Waals surface area contributed by atoms with E-state index in [0.717, 1.165) is 16.6 Å². The first-order valence-corrected chi connectivity index (χ1v) is 6.39. The number of nitrogens with zero attached hydrogens (tertiary/aromatic N) is 3. The molecule has 98 valence electrons. The summed E-state index contributed by atoms with van der Waals surface area (Å²) in [6, 6.07) is 15.9. The van der Waals surface area contributed by atoms with Crippen molar-refractivity contribution in [3.63, 3.8) is 0 Å². The molecule has 0 spiro atoms. The summed E-state index contributed by atoms with van der Waals surface area (Å²) < 4.78 is 0. The molecular weight excluding hydrogens is 248 g/mol. The average molecular weight is 262 g/mol. The summed E-state index contributed by atoms with van der Waals surface area (Å²) in [6.07, 6.45) is 3.44. The second-order valence-electron chi connectivity index (χ2n) is 4.53. The van der Waals surface area contributed by atoms with Crippen LogP contribution in [0.15, 0.2) is 59.8 Å². The van der Waals surface area contributed by atoms with Crippen LogP contribution in [0.1, 0.15) is 11.1 Å². The Morgan fingerprint density at radius 2 is 1.90 bits per heavy atom. The first-order chi connectivity index (χ1) is 9.81. The van der Waals surface area contributed by atoms with Crippen LogP contribution in [-0.2, 0) is 0 Å². The van der Waals surface area contributed by atoms with Crippen LogP contribution >= 0.6 is 0 Å². The Morgan fingerprint density at radius 1 is 1.05 bits per heavy atom. The van der Waals surface area contributed by atoms with Crippen molar-refractivity contribution in [1.82, 2.24) is 9.97 Å². The van der Waals surface area contributed by atoms with E-state index in [4.69, 9.17) is 0 Å². The highest BCUT2D eigenvalue weighted by Crippen LogP contribution is 2.11. The summed E-state index contributed by atoms with van der Waals surface area (Å²) >= 11 is 0. The maximum Gasteiger partial charge on any atom is 0.165 e. The van der Waals surface area contributed by atoms with E-state index in [9.17, 15) is 0 Å². The normalized spacial score (nSPS) is 11.1. The largest absolute Gasteiger partial charge is 0.260 e. The molecule has 1 heterocycles. The lowest BCUT2D eigenvalue weighted by atomic mass is 10.2. The minimum Gasteiger partial charge on any atom is -0.260 e. The number of benzene rings is 2. The lowest BCUT2D eigenvalue weighted by molar-refractivity contribution is 1.22. The monoisotopic (exact) mass is 262 g/mol. The van der Waals surface area contributed by atoms with Gasteiger partial charge in [-0.15, -0.1) is 0 Å². The molecule has 3 rings (SSSR count). The van der Waals surface area contributed by atoms with Gasteiger partial charge in [-0.2, -0.15) is 5.10 Å². The van der Waals surface area contributed by atoms with E-state index >= 15 is 0 Å². The van der Waals surface area contributed by atoms with Crippen LogP contribution in [0, 0.1) is 6.92 Å². The first kappa shape index (κ1) is 12.3. The Kier molecular flexibility index (Phi) is 3.37. The van der Waals surface area contributed by atoms with Crippen molar-refractivity contribution in [3.8, 4) is 0 Å². The molecule has 0 bridgehead atoms. The molecule has 0 aliphatic rings. The fourth-order valence-electron chi connectivity index (χ4n) is 1.93. The van der Waals surface area contributed by atoms with E-state index < -0.39 is 0 Å². The number of hydrazone groups is 1. The van der Waals surface area contributed by atoms with Gasteiger partial charge in [-0.1, -0.05) is 42.0 Å². The van der Waals surface area contributed by atoms with Gasteiger partial charge in [0.25, 0.3) is 0 Å². The molecule has 0 saturated heterocycles. The molecule has 0 radical (unpaired) electrons. The molecule has 0 atom stereocenters. The molecule has 20 heavy (non-hydrogen) atoms. The van der Waals surface area contributed by atoms with Gasteiger partial charge in [0.05, 0.1) is 23.4 Å². The van der Waals surface area contributed by atoms with Gasteiger partial charge in [-0.05, 0) is 24.6 Å². The van der Waals surface area contributed by atoms with Crippen molar-refractivity contribution < 1.29 is 0 Å². The molecule has 1 aromatic heterocycles. The smallest absolute Gasteiger partial charge is 0.165 e. The molecule has 0 fully saturated rings. The molecular formula is C16H14N4. The number of anilines is 1. The third-order valence-electron chi connectivity index (χ3n) is 2.88. The van der Waals surface area contributed by atoms with E-state index in [1.165, 1.54) is 5.56 Å². The van der Waals surface area contributed by atoms with Crippen LogP contribution in [0.2, 0.25) is 0 Å². The summed E-state index contributed by atoms with van der Waals surface area (Å²) in [6.45, 7) is 2.06. The fraction of sp³-hybridized carbons (Fsp3) is 0.0625. The molecule has 0 unspecified atom stereocenters. The predicted molar refractivity (Wildman–Crippen MR) is 81.9 cm³/mol. The molecule has 3 aromatic rings. The van der Waals surface area contributed by atoms with Crippen LogP contribution in [0.3, 0.4) is 0 Å². The molecule has 0 amide bonds. The molecule has 0 saturated carbocycles. The van der Waals surface area contributed by atoms with Crippen molar-refractivity contribution in [2.24, 2.45) is 5.10 Å². The highest BCUT2D eigenvalue weighted by molar-refractivity contribution is 5.80. The van der Waals surface area contributed by atoms with Gasteiger partial charge in [0.1, 0.15) is 0 Å². The number of aryl methyl sites for hydroxylation is 1. The zero-order valence-electron chi connectivity index (χ0n) is 11.1. The summed E-state index contributed by atoms with van der Waals surface area (Å²) in [5, 5.41) is 4.18. The van der Waals surface area contributed by atoms with Crippen LogP contribution in [0.5, 0.6) is 0 Å². The van der Waals surface area contributed by atoms with E-state index in [-0.39, 0.29) is 0 Å². The van der Waals surface area contributed by atoms with Gasteiger partial charge in [-0.3, -0.25) is 10.4 Å². The molecule has 4 heteroatoms. The van der Waals surface area contributed by atoms with E-state index in [1.54, 1.807) is 12.4 Å². The standard InChI is InChI=1S/C16H14N4/c1-12-5-4-6-13(9-12)10-18-20-16-11-17-14-7-2-3-8-15(14)19-16/h2-11H,1H3,(H,19,20)/b18-10+. The Morgan fingerprint density at radius 3 is 2.75 bits per heavy atom. The number of hydrogen-bond donors (Lipinski definition) is 1. The zero-order valence-corrected chi connectivity index (χ0v) is 11.1. The first-order valence-electron chi connectivity index (χ1n) is 6.39. The van der Waals surface area contributed by atoms with Gasteiger partial charge < -0.3 is 0 Å². The van der Waals surface area contributed by atoms with Crippen LogP contribution in [0.4, 0.5) is 5.82 Å². The van der Waals surface area contributed by atoms with E-state index in [2.05, 4.69) is 39.6 Å². The predicted octanol–water partition coefficient (Wildman–Crippen LogP) is 3.38. The number of nitrogens with one attached hydrogen (secondary N) is 1. The van der Waals surface area contributed by atoms with E-state index in [0.29, 0.717) is 5.82 Å².